The lowest BCUT2D eigenvalue weighted by Gasteiger charge is -2.31. The first-order chi connectivity index (χ1) is 7.99. The molecule has 92 valence electrons. The third-order valence-electron chi connectivity index (χ3n) is 2.73. The Hall–Kier alpha value is -1.56. The molecular weight excluding hydrogens is 235 g/mol. The van der Waals surface area contributed by atoms with E-state index in [1.54, 1.807) is 0 Å². The molecule has 1 aliphatic carbocycles. The molecule has 0 saturated heterocycles. The molecule has 0 spiro atoms. The SMILES string of the molecule is O=C(NC1CC(O)C1)c1ccc(F)c(F)c1F. The Morgan fingerprint density at radius 1 is 1.24 bits per heavy atom. The Labute approximate surface area is 95.3 Å². The van der Waals surface area contributed by atoms with E-state index in [0.29, 0.717) is 18.9 Å². The molecule has 17 heavy (non-hydrogen) atoms. The van der Waals surface area contributed by atoms with Crippen molar-refractivity contribution in [2.24, 2.45) is 0 Å². The van der Waals surface area contributed by atoms with Crippen molar-refractivity contribution in [3.05, 3.63) is 35.1 Å². The predicted octanol–water partition coefficient (Wildman–Crippen LogP) is 1.36. The number of carbonyl (C=O) groups is 1. The second kappa shape index (κ2) is 4.37. The molecule has 1 aromatic carbocycles. The van der Waals surface area contributed by atoms with Crippen LogP contribution in [-0.2, 0) is 0 Å². The summed E-state index contributed by atoms with van der Waals surface area (Å²) in [6.45, 7) is 0. The van der Waals surface area contributed by atoms with Gasteiger partial charge in [-0.15, -0.1) is 0 Å². The highest BCUT2D eigenvalue weighted by molar-refractivity contribution is 5.94. The second-order valence-electron chi connectivity index (χ2n) is 4.02. The van der Waals surface area contributed by atoms with Gasteiger partial charge in [0.25, 0.3) is 5.91 Å². The van der Waals surface area contributed by atoms with Crippen molar-refractivity contribution in [2.45, 2.75) is 25.0 Å². The van der Waals surface area contributed by atoms with E-state index in [2.05, 4.69) is 5.32 Å². The maximum Gasteiger partial charge on any atom is 0.254 e. The maximum absolute atomic E-state index is 13.2. The van der Waals surface area contributed by atoms with Crippen molar-refractivity contribution in [1.29, 1.82) is 0 Å². The molecular formula is C11H10F3NO2. The van der Waals surface area contributed by atoms with Crippen LogP contribution in [0, 0.1) is 17.5 Å². The van der Waals surface area contributed by atoms with Crippen LogP contribution in [0.1, 0.15) is 23.2 Å². The molecule has 0 radical (unpaired) electrons. The first-order valence-electron chi connectivity index (χ1n) is 5.11. The smallest absolute Gasteiger partial charge is 0.254 e. The summed E-state index contributed by atoms with van der Waals surface area (Å²) >= 11 is 0. The van der Waals surface area contributed by atoms with E-state index in [9.17, 15) is 18.0 Å². The molecule has 0 aliphatic heterocycles. The van der Waals surface area contributed by atoms with Crippen LogP contribution in [0.4, 0.5) is 13.2 Å². The topological polar surface area (TPSA) is 49.3 Å². The number of aliphatic hydroxyl groups is 1. The fourth-order valence-electron chi connectivity index (χ4n) is 1.67. The van der Waals surface area contributed by atoms with Gasteiger partial charge < -0.3 is 10.4 Å². The third-order valence-corrected chi connectivity index (χ3v) is 2.73. The molecule has 0 aromatic heterocycles. The molecule has 2 N–H and O–H groups in total. The first-order valence-corrected chi connectivity index (χ1v) is 5.11. The highest BCUT2D eigenvalue weighted by Crippen LogP contribution is 2.21. The van der Waals surface area contributed by atoms with Gasteiger partial charge in [0.15, 0.2) is 17.5 Å². The molecule has 0 bridgehead atoms. The van der Waals surface area contributed by atoms with Gasteiger partial charge in [0.05, 0.1) is 11.7 Å². The van der Waals surface area contributed by atoms with E-state index >= 15 is 0 Å². The van der Waals surface area contributed by atoms with Gasteiger partial charge in [-0.3, -0.25) is 4.79 Å². The van der Waals surface area contributed by atoms with Crippen LogP contribution in [0.25, 0.3) is 0 Å². The Kier molecular flexibility index (Phi) is 3.06. The Morgan fingerprint density at radius 2 is 1.88 bits per heavy atom. The number of nitrogens with one attached hydrogen (secondary N) is 1. The summed E-state index contributed by atoms with van der Waals surface area (Å²) in [5.41, 5.74) is -0.537. The normalized spacial score (nSPS) is 23.1. The van der Waals surface area contributed by atoms with Crippen molar-refractivity contribution >= 4 is 5.91 Å². The summed E-state index contributed by atoms with van der Waals surface area (Å²) in [6.07, 6.45) is 0.309. The fraction of sp³-hybridized carbons (Fsp3) is 0.364. The summed E-state index contributed by atoms with van der Waals surface area (Å²) in [7, 11) is 0. The summed E-state index contributed by atoms with van der Waals surface area (Å²) in [4.78, 5) is 11.5. The van der Waals surface area contributed by atoms with Gasteiger partial charge in [-0.25, -0.2) is 13.2 Å². The number of benzene rings is 1. The lowest BCUT2D eigenvalue weighted by Crippen LogP contribution is -2.46. The standard InChI is InChI=1S/C11H10F3NO2/c12-8-2-1-7(9(13)10(8)14)11(17)15-5-3-6(16)4-5/h1-2,5-6,16H,3-4H2,(H,15,17). The van der Waals surface area contributed by atoms with E-state index in [4.69, 9.17) is 5.11 Å². The quantitative estimate of drug-likeness (QED) is 0.773. The van der Waals surface area contributed by atoms with E-state index in [1.807, 2.05) is 0 Å². The van der Waals surface area contributed by atoms with E-state index in [-0.39, 0.29) is 6.04 Å². The van der Waals surface area contributed by atoms with Gasteiger partial charge in [-0.2, -0.15) is 0 Å². The molecule has 1 aromatic rings. The number of aliphatic hydroxyl groups excluding tert-OH is 1. The summed E-state index contributed by atoms with van der Waals surface area (Å²) < 4.78 is 38.7. The molecule has 6 heteroatoms. The lowest BCUT2D eigenvalue weighted by molar-refractivity contribution is 0.0560. The average molecular weight is 245 g/mol. The Balaban J connectivity index is 2.12. The van der Waals surface area contributed by atoms with E-state index < -0.39 is 35.0 Å². The highest BCUT2D eigenvalue weighted by atomic mass is 19.2. The van der Waals surface area contributed by atoms with Gasteiger partial charge in [0, 0.05) is 6.04 Å². The average Bonchev–Trinajstić information content (AvgIpc) is 2.24. The van der Waals surface area contributed by atoms with Gasteiger partial charge >= 0.3 is 0 Å². The largest absolute Gasteiger partial charge is 0.393 e. The zero-order chi connectivity index (χ0) is 12.6. The minimum atomic E-state index is -1.66. The molecule has 2 rings (SSSR count). The first kappa shape index (κ1) is 11.9. The molecule has 3 nitrogen and oxygen atoms in total. The lowest BCUT2D eigenvalue weighted by atomic mass is 9.89. The van der Waals surface area contributed by atoms with Crippen LogP contribution < -0.4 is 5.32 Å². The van der Waals surface area contributed by atoms with Crippen LogP contribution in [0.2, 0.25) is 0 Å². The third kappa shape index (κ3) is 2.26. The predicted molar refractivity (Wildman–Crippen MR) is 52.8 cm³/mol. The minimum Gasteiger partial charge on any atom is -0.393 e. The van der Waals surface area contributed by atoms with Crippen LogP contribution in [0.5, 0.6) is 0 Å². The number of hydrogen-bond acceptors (Lipinski definition) is 2. The molecule has 1 aliphatic rings. The van der Waals surface area contributed by atoms with Crippen molar-refractivity contribution in [2.75, 3.05) is 0 Å². The summed E-state index contributed by atoms with van der Waals surface area (Å²) in [6, 6.07) is 1.34. The number of rotatable bonds is 2. The maximum atomic E-state index is 13.2. The number of carbonyl (C=O) groups excluding carboxylic acids is 1. The molecule has 1 fully saturated rings. The van der Waals surface area contributed by atoms with Crippen molar-refractivity contribution in [1.82, 2.24) is 5.32 Å². The van der Waals surface area contributed by atoms with Crippen molar-refractivity contribution < 1.29 is 23.1 Å². The molecule has 0 atom stereocenters. The Morgan fingerprint density at radius 3 is 2.47 bits per heavy atom. The zero-order valence-electron chi connectivity index (χ0n) is 8.71. The van der Waals surface area contributed by atoms with E-state index in [0.717, 1.165) is 6.07 Å². The fourth-order valence-corrected chi connectivity index (χ4v) is 1.67. The summed E-state index contributed by atoms with van der Waals surface area (Å²) in [5, 5.41) is 11.4. The van der Waals surface area contributed by atoms with Crippen LogP contribution >= 0.6 is 0 Å². The monoisotopic (exact) mass is 245 g/mol. The molecule has 1 saturated carbocycles. The molecule has 0 heterocycles. The zero-order valence-corrected chi connectivity index (χ0v) is 8.71. The van der Waals surface area contributed by atoms with Gasteiger partial charge in [-0.1, -0.05) is 0 Å². The molecule has 1 amide bonds. The number of halogens is 3. The van der Waals surface area contributed by atoms with Crippen molar-refractivity contribution in [3.8, 4) is 0 Å². The van der Waals surface area contributed by atoms with E-state index in [1.165, 1.54) is 0 Å². The van der Waals surface area contributed by atoms with Crippen molar-refractivity contribution in [3.63, 3.8) is 0 Å². The second-order valence-corrected chi connectivity index (χ2v) is 4.02. The Bertz CT molecular complexity index is 458. The number of amides is 1. The van der Waals surface area contributed by atoms with Crippen LogP contribution in [-0.4, -0.2) is 23.2 Å². The van der Waals surface area contributed by atoms with Gasteiger partial charge in [-0.05, 0) is 25.0 Å². The van der Waals surface area contributed by atoms with Crippen LogP contribution in [0.15, 0.2) is 12.1 Å². The highest BCUT2D eigenvalue weighted by Gasteiger charge is 2.29. The van der Waals surface area contributed by atoms with Gasteiger partial charge in [0.1, 0.15) is 0 Å². The number of hydrogen-bond donors (Lipinski definition) is 2. The van der Waals surface area contributed by atoms with Crippen LogP contribution in [0.3, 0.4) is 0 Å². The van der Waals surface area contributed by atoms with Gasteiger partial charge in [0.2, 0.25) is 0 Å². The summed E-state index contributed by atoms with van der Waals surface area (Å²) in [5.74, 6) is -5.30. The molecule has 0 unspecified atom stereocenters. The minimum absolute atomic E-state index is 0.245.